The molecule has 0 aliphatic heterocycles. The van der Waals surface area contributed by atoms with Gasteiger partial charge >= 0.3 is 0 Å². The van der Waals surface area contributed by atoms with Crippen LogP contribution in [0.25, 0.3) is 0 Å². The molecule has 4 nitrogen and oxygen atoms in total. The van der Waals surface area contributed by atoms with Crippen LogP contribution in [0, 0.1) is 0 Å². The van der Waals surface area contributed by atoms with Gasteiger partial charge in [-0.3, -0.25) is 0 Å². The van der Waals surface area contributed by atoms with E-state index in [9.17, 15) is 8.78 Å². The van der Waals surface area contributed by atoms with E-state index in [4.69, 9.17) is 4.52 Å². The summed E-state index contributed by atoms with van der Waals surface area (Å²) in [6, 6.07) is 6.13. The number of hydrogen-bond acceptors (Lipinski definition) is 4. The summed E-state index contributed by atoms with van der Waals surface area (Å²) in [5, 5.41) is 6.82. The van der Waals surface area contributed by atoms with E-state index < -0.39 is 6.43 Å². The second kappa shape index (κ2) is 5.56. The third kappa shape index (κ3) is 3.53. The molecule has 0 bridgehead atoms. The van der Waals surface area contributed by atoms with Crippen molar-refractivity contribution >= 4 is 5.95 Å². The Kier molecular flexibility index (Phi) is 4.01. The third-order valence-corrected chi connectivity index (χ3v) is 2.75. The van der Waals surface area contributed by atoms with Gasteiger partial charge in [0.05, 0.1) is 0 Å². The van der Waals surface area contributed by atoms with Gasteiger partial charge in [-0.05, 0) is 10.7 Å². The molecule has 0 spiro atoms. The lowest BCUT2D eigenvalue weighted by molar-refractivity contribution is 0.151. The van der Waals surface area contributed by atoms with Gasteiger partial charge in [0.15, 0.2) is 0 Å². The minimum absolute atomic E-state index is 0.0170. The molecule has 0 radical (unpaired) electrons. The van der Waals surface area contributed by atoms with Crippen LogP contribution >= 0.6 is 0 Å². The normalized spacial score (nSPS) is 11.9. The summed E-state index contributed by atoms with van der Waals surface area (Å²) < 4.78 is 30.0. The van der Waals surface area contributed by atoms with Crippen molar-refractivity contribution < 1.29 is 13.3 Å². The number of alkyl halides is 2. The summed E-state index contributed by atoms with van der Waals surface area (Å²) in [4.78, 5) is 4.23. The summed E-state index contributed by atoms with van der Waals surface area (Å²) in [5.41, 5.74) is 0.686. The molecule has 1 N–H and O–H groups in total. The van der Waals surface area contributed by atoms with Gasteiger partial charge in [0, 0.05) is 17.5 Å². The summed E-state index contributed by atoms with van der Waals surface area (Å²) >= 11 is 0. The van der Waals surface area contributed by atoms with E-state index in [1.807, 2.05) is 20.8 Å². The van der Waals surface area contributed by atoms with Crippen molar-refractivity contribution in [1.82, 2.24) is 10.1 Å². The molecule has 0 saturated carbocycles. The number of rotatable bonds is 4. The molecule has 0 unspecified atom stereocenters. The van der Waals surface area contributed by atoms with Gasteiger partial charge in [-0.25, -0.2) is 8.78 Å². The van der Waals surface area contributed by atoms with E-state index in [2.05, 4.69) is 15.5 Å². The van der Waals surface area contributed by atoms with Crippen molar-refractivity contribution in [2.24, 2.45) is 0 Å². The first kappa shape index (κ1) is 14.4. The van der Waals surface area contributed by atoms with E-state index >= 15 is 0 Å². The van der Waals surface area contributed by atoms with Crippen LogP contribution in [-0.4, -0.2) is 10.1 Å². The summed E-state index contributed by atoms with van der Waals surface area (Å²) in [6.07, 6.45) is -2.44. The molecule has 20 heavy (non-hydrogen) atoms. The standard InChI is InChI=1S/C14H17F2N3O/c1-14(2,3)12-18-13(19-20-12)17-8-9-4-6-10(7-5-9)11(15)16/h4-7,11H,8H2,1-3H3,(H,17,19). The highest BCUT2D eigenvalue weighted by molar-refractivity contribution is 5.29. The van der Waals surface area contributed by atoms with Gasteiger partial charge in [-0.2, -0.15) is 4.98 Å². The van der Waals surface area contributed by atoms with E-state index in [-0.39, 0.29) is 11.0 Å². The van der Waals surface area contributed by atoms with Crippen LogP contribution in [0.5, 0.6) is 0 Å². The zero-order valence-corrected chi connectivity index (χ0v) is 11.7. The lowest BCUT2D eigenvalue weighted by Gasteiger charge is -2.10. The highest BCUT2D eigenvalue weighted by Gasteiger charge is 2.21. The summed E-state index contributed by atoms with van der Waals surface area (Å²) in [5.74, 6) is 0.945. The lowest BCUT2D eigenvalue weighted by Crippen LogP contribution is -2.11. The Morgan fingerprint density at radius 3 is 2.35 bits per heavy atom. The highest BCUT2D eigenvalue weighted by atomic mass is 19.3. The monoisotopic (exact) mass is 281 g/mol. The van der Waals surface area contributed by atoms with E-state index in [0.717, 1.165) is 5.56 Å². The van der Waals surface area contributed by atoms with E-state index in [1.54, 1.807) is 12.1 Å². The molecular formula is C14H17F2N3O. The molecule has 0 amide bonds. The van der Waals surface area contributed by atoms with Gasteiger partial charge in [0.2, 0.25) is 5.89 Å². The van der Waals surface area contributed by atoms with Crippen LogP contribution in [0.1, 0.15) is 44.2 Å². The Labute approximate surface area is 116 Å². The number of aromatic nitrogens is 2. The zero-order chi connectivity index (χ0) is 14.8. The summed E-state index contributed by atoms with van der Waals surface area (Å²) in [7, 11) is 0. The molecule has 108 valence electrons. The first-order chi connectivity index (χ1) is 9.36. The van der Waals surface area contributed by atoms with Crippen molar-refractivity contribution in [2.45, 2.75) is 39.2 Å². The number of nitrogens with zero attached hydrogens (tertiary/aromatic N) is 2. The number of benzene rings is 1. The average molecular weight is 281 g/mol. The van der Waals surface area contributed by atoms with Gasteiger partial charge in [0.25, 0.3) is 12.4 Å². The maximum absolute atomic E-state index is 12.4. The predicted octanol–water partition coefficient (Wildman–Crippen LogP) is 3.92. The van der Waals surface area contributed by atoms with Crippen LogP contribution in [0.15, 0.2) is 28.8 Å². The fraction of sp³-hybridized carbons (Fsp3) is 0.429. The molecule has 1 aromatic carbocycles. The SMILES string of the molecule is CC(C)(C)c1nc(NCc2ccc(C(F)F)cc2)no1. The van der Waals surface area contributed by atoms with Crippen LogP contribution in [0.2, 0.25) is 0 Å². The predicted molar refractivity (Wildman–Crippen MR) is 71.7 cm³/mol. The van der Waals surface area contributed by atoms with Crippen LogP contribution < -0.4 is 5.32 Å². The smallest absolute Gasteiger partial charge is 0.263 e. The fourth-order valence-corrected chi connectivity index (χ4v) is 1.56. The lowest BCUT2D eigenvalue weighted by atomic mass is 9.97. The van der Waals surface area contributed by atoms with Gasteiger partial charge in [-0.15, -0.1) is 0 Å². The zero-order valence-electron chi connectivity index (χ0n) is 11.7. The molecule has 0 saturated heterocycles. The Hall–Kier alpha value is -1.98. The maximum atomic E-state index is 12.4. The molecule has 0 aliphatic rings. The van der Waals surface area contributed by atoms with Crippen molar-refractivity contribution in [1.29, 1.82) is 0 Å². The first-order valence-electron chi connectivity index (χ1n) is 6.31. The number of nitrogens with one attached hydrogen (secondary N) is 1. The van der Waals surface area contributed by atoms with E-state index in [0.29, 0.717) is 18.4 Å². The molecule has 0 aliphatic carbocycles. The second-order valence-corrected chi connectivity index (χ2v) is 5.57. The highest BCUT2D eigenvalue weighted by Crippen LogP contribution is 2.21. The number of halogens is 2. The maximum Gasteiger partial charge on any atom is 0.263 e. The second-order valence-electron chi connectivity index (χ2n) is 5.57. The molecule has 0 atom stereocenters. The fourth-order valence-electron chi connectivity index (χ4n) is 1.56. The van der Waals surface area contributed by atoms with Crippen molar-refractivity contribution in [3.63, 3.8) is 0 Å². The minimum Gasteiger partial charge on any atom is -0.348 e. The molecular weight excluding hydrogens is 264 g/mol. The van der Waals surface area contributed by atoms with E-state index in [1.165, 1.54) is 12.1 Å². The topological polar surface area (TPSA) is 51.0 Å². The van der Waals surface area contributed by atoms with Gasteiger partial charge in [-0.1, -0.05) is 45.0 Å². The molecule has 1 aromatic heterocycles. The van der Waals surface area contributed by atoms with Crippen LogP contribution in [0.4, 0.5) is 14.7 Å². The molecule has 6 heteroatoms. The quantitative estimate of drug-likeness (QED) is 0.923. The number of hydrogen-bond donors (Lipinski definition) is 1. The Morgan fingerprint density at radius 1 is 1.20 bits per heavy atom. The van der Waals surface area contributed by atoms with Crippen LogP contribution in [-0.2, 0) is 12.0 Å². The molecule has 1 heterocycles. The average Bonchev–Trinajstić information content (AvgIpc) is 2.85. The van der Waals surface area contributed by atoms with Crippen molar-refractivity contribution in [3.05, 3.63) is 41.3 Å². The Bertz CT molecular complexity index is 559. The molecule has 2 aromatic rings. The minimum atomic E-state index is -2.44. The Balaban J connectivity index is 1.96. The number of anilines is 1. The largest absolute Gasteiger partial charge is 0.348 e. The third-order valence-electron chi connectivity index (χ3n) is 2.75. The van der Waals surface area contributed by atoms with Gasteiger partial charge < -0.3 is 9.84 Å². The van der Waals surface area contributed by atoms with Crippen molar-refractivity contribution in [3.8, 4) is 0 Å². The Morgan fingerprint density at radius 2 is 1.85 bits per heavy atom. The molecule has 0 fully saturated rings. The first-order valence-corrected chi connectivity index (χ1v) is 6.31. The van der Waals surface area contributed by atoms with Crippen molar-refractivity contribution in [2.75, 3.05) is 5.32 Å². The van der Waals surface area contributed by atoms with Crippen LogP contribution in [0.3, 0.4) is 0 Å². The van der Waals surface area contributed by atoms with Gasteiger partial charge in [0.1, 0.15) is 0 Å². The summed E-state index contributed by atoms with van der Waals surface area (Å²) in [6.45, 7) is 6.39. The molecule has 2 rings (SSSR count).